The van der Waals surface area contributed by atoms with Gasteiger partial charge in [-0.2, -0.15) is 0 Å². The minimum atomic E-state index is -1.07. The molecule has 1 rings (SSSR count). The summed E-state index contributed by atoms with van der Waals surface area (Å²) in [5, 5.41) is 9.04. The molecule has 0 saturated carbocycles. The van der Waals surface area contributed by atoms with Crippen LogP contribution in [0.5, 0.6) is 0 Å². The molecule has 1 saturated heterocycles. The lowest BCUT2D eigenvalue weighted by Gasteiger charge is -2.23. The van der Waals surface area contributed by atoms with Gasteiger partial charge in [0, 0.05) is 6.54 Å². The molecule has 1 atom stereocenters. The summed E-state index contributed by atoms with van der Waals surface area (Å²) in [6, 6.07) is -0.970. The van der Waals surface area contributed by atoms with Crippen molar-refractivity contribution in [1.29, 1.82) is 0 Å². The van der Waals surface area contributed by atoms with E-state index < -0.39 is 17.4 Å². The summed E-state index contributed by atoms with van der Waals surface area (Å²) in [6.45, 7) is 3.76. The second kappa shape index (κ2) is 2.44. The molecule has 0 aromatic carbocycles. The first-order chi connectivity index (χ1) is 4.95. The van der Waals surface area contributed by atoms with Gasteiger partial charge in [-0.3, -0.25) is 4.79 Å². The number of hydrogen-bond acceptors (Lipinski definition) is 2. The molecule has 0 spiro atoms. The second-order valence-electron chi connectivity index (χ2n) is 3.60. The highest BCUT2D eigenvalue weighted by Crippen LogP contribution is 2.36. The van der Waals surface area contributed by atoms with Crippen LogP contribution in [0.1, 0.15) is 20.3 Å². The van der Waals surface area contributed by atoms with Crippen molar-refractivity contribution in [2.24, 2.45) is 5.41 Å². The maximum Gasteiger partial charge on any atom is 0.324 e. The summed E-state index contributed by atoms with van der Waals surface area (Å²) in [4.78, 5) is 10.5. The van der Waals surface area contributed by atoms with E-state index in [0.717, 1.165) is 0 Å². The third-order valence-corrected chi connectivity index (χ3v) is 2.22. The summed E-state index contributed by atoms with van der Waals surface area (Å²) in [7, 11) is 0. The van der Waals surface area contributed by atoms with Gasteiger partial charge in [0.2, 0.25) is 0 Å². The van der Waals surface area contributed by atoms with Gasteiger partial charge in [0.1, 0.15) is 6.04 Å². The summed E-state index contributed by atoms with van der Waals surface area (Å²) in [5.41, 5.74) is -0.444. The van der Waals surface area contributed by atoms with Crippen molar-refractivity contribution < 1.29 is 14.4 Å². The van der Waals surface area contributed by atoms with Gasteiger partial charge in [-0.1, -0.05) is 13.8 Å². The van der Waals surface area contributed by atoms with Crippen molar-refractivity contribution in [3.05, 3.63) is 0 Å². The number of hydrogen-bond donors (Lipinski definition) is 1. The van der Waals surface area contributed by atoms with E-state index >= 15 is 0 Å². The lowest BCUT2D eigenvalue weighted by atomic mass is 9.85. The highest BCUT2D eigenvalue weighted by atomic mass is 19.2. The van der Waals surface area contributed by atoms with E-state index in [1.165, 1.54) is 0 Å². The smallest absolute Gasteiger partial charge is 0.324 e. The van der Waals surface area contributed by atoms with Crippen LogP contribution in [-0.4, -0.2) is 28.8 Å². The van der Waals surface area contributed by atoms with Crippen LogP contribution < -0.4 is 0 Å². The highest BCUT2D eigenvalue weighted by molar-refractivity contribution is 5.74. The Morgan fingerprint density at radius 3 is 2.45 bits per heavy atom. The van der Waals surface area contributed by atoms with Gasteiger partial charge < -0.3 is 5.11 Å². The molecular formula is C7H12FNO2. The largest absolute Gasteiger partial charge is 0.480 e. The quantitative estimate of drug-likeness (QED) is 0.584. The molecule has 1 fully saturated rings. The Balaban J connectivity index is 2.80. The molecule has 1 aliphatic rings. The zero-order valence-electron chi connectivity index (χ0n) is 6.67. The van der Waals surface area contributed by atoms with Crippen molar-refractivity contribution >= 4 is 5.97 Å². The van der Waals surface area contributed by atoms with Crippen LogP contribution in [0, 0.1) is 5.41 Å². The molecule has 4 heteroatoms. The molecule has 11 heavy (non-hydrogen) atoms. The Bertz CT molecular complexity index is 181. The topological polar surface area (TPSA) is 40.5 Å². The van der Waals surface area contributed by atoms with Crippen LogP contribution in [0.2, 0.25) is 0 Å². The number of carboxylic acids is 1. The molecule has 0 aromatic heterocycles. The fourth-order valence-electron chi connectivity index (χ4n) is 1.49. The van der Waals surface area contributed by atoms with Gasteiger partial charge in [-0.15, -0.1) is 9.60 Å². The average Bonchev–Trinajstić information content (AvgIpc) is 2.06. The first kappa shape index (κ1) is 8.46. The maximum atomic E-state index is 12.8. The van der Waals surface area contributed by atoms with Gasteiger partial charge in [-0.05, 0) is 11.8 Å². The molecule has 64 valence electrons. The van der Waals surface area contributed by atoms with Crippen molar-refractivity contribution in [1.82, 2.24) is 5.12 Å². The van der Waals surface area contributed by atoms with Gasteiger partial charge >= 0.3 is 5.97 Å². The highest BCUT2D eigenvalue weighted by Gasteiger charge is 2.45. The minimum absolute atomic E-state index is 0.226. The molecule has 1 heterocycles. The first-order valence-corrected chi connectivity index (χ1v) is 3.60. The Kier molecular flexibility index (Phi) is 1.88. The Labute approximate surface area is 64.7 Å². The van der Waals surface area contributed by atoms with E-state index in [1.807, 2.05) is 0 Å². The van der Waals surface area contributed by atoms with Crippen LogP contribution in [0.15, 0.2) is 0 Å². The molecule has 1 N–H and O–H groups in total. The average molecular weight is 161 g/mol. The predicted octanol–water partition coefficient (Wildman–Crippen LogP) is 1.06. The van der Waals surface area contributed by atoms with Crippen molar-refractivity contribution in [3.63, 3.8) is 0 Å². The van der Waals surface area contributed by atoms with Crippen LogP contribution in [0.3, 0.4) is 0 Å². The maximum absolute atomic E-state index is 12.8. The Morgan fingerprint density at radius 1 is 1.73 bits per heavy atom. The Hall–Kier alpha value is -0.640. The number of rotatable bonds is 1. The van der Waals surface area contributed by atoms with Crippen LogP contribution >= 0.6 is 0 Å². The van der Waals surface area contributed by atoms with Gasteiger partial charge in [0.25, 0.3) is 0 Å². The van der Waals surface area contributed by atoms with E-state index in [9.17, 15) is 9.28 Å². The van der Waals surface area contributed by atoms with E-state index in [1.54, 1.807) is 13.8 Å². The third kappa shape index (κ3) is 1.35. The van der Waals surface area contributed by atoms with Crippen LogP contribution in [-0.2, 0) is 4.79 Å². The minimum Gasteiger partial charge on any atom is -0.480 e. The summed E-state index contributed by atoms with van der Waals surface area (Å²) >= 11 is 0. The summed E-state index contributed by atoms with van der Waals surface area (Å²) in [5.74, 6) is -1.07. The molecule has 0 aliphatic carbocycles. The predicted molar refractivity (Wildman–Crippen MR) is 37.6 cm³/mol. The molecule has 0 radical (unpaired) electrons. The number of halogens is 1. The van der Waals surface area contributed by atoms with Gasteiger partial charge in [0.15, 0.2) is 0 Å². The number of carbonyl (C=O) groups is 1. The number of aliphatic carboxylic acids is 1. The van der Waals surface area contributed by atoms with E-state index in [4.69, 9.17) is 5.11 Å². The lowest BCUT2D eigenvalue weighted by Crippen LogP contribution is -2.39. The van der Waals surface area contributed by atoms with Crippen molar-refractivity contribution in [2.45, 2.75) is 26.3 Å². The van der Waals surface area contributed by atoms with Crippen molar-refractivity contribution in [2.75, 3.05) is 6.54 Å². The second-order valence-corrected chi connectivity index (χ2v) is 3.60. The Morgan fingerprint density at radius 2 is 2.27 bits per heavy atom. The van der Waals surface area contributed by atoms with Crippen LogP contribution in [0.4, 0.5) is 4.48 Å². The van der Waals surface area contributed by atoms with E-state index in [0.29, 0.717) is 11.5 Å². The molecular weight excluding hydrogens is 149 g/mol. The fraction of sp³-hybridized carbons (Fsp3) is 0.857. The first-order valence-electron chi connectivity index (χ1n) is 3.60. The molecule has 1 aliphatic heterocycles. The molecule has 0 bridgehead atoms. The number of nitrogens with zero attached hydrogens (tertiary/aromatic N) is 1. The van der Waals surface area contributed by atoms with E-state index in [-0.39, 0.29) is 6.54 Å². The molecule has 3 nitrogen and oxygen atoms in total. The summed E-state index contributed by atoms with van der Waals surface area (Å²) in [6.07, 6.45) is 0.598. The zero-order valence-corrected chi connectivity index (χ0v) is 6.67. The van der Waals surface area contributed by atoms with Gasteiger partial charge in [0.05, 0.1) is 0 Å². The van der Waals surface area contributed by atoms with Crippen LogP contribution in [0.25, 0.3) is 0 Å². The fourth-order valence-corrected chi connectivity index (χ4v) is 1.49. The SMILES string of the molecule is CC1(C)CCN(F)C1C(=O)O. The molecule has 0 aromatic rings. The molecule has 0 amide bonds. The zero-order chi connectivity index (χ0) is 8.65. The normalized spacial score (nSPS) is 30.6. The third-order valence-electron chi connectivity index (χ3n) is 2.22. The number of carboxylic acid groups (broad SMARTS) is 1. The van der Waals surface area contributed by atoms with Gasteiger partial charge in [-0.25, -0.2) is 0 Å². The summed E-state index contributed by atoms with van der Waals surface area (Å²) < 4.78 is 12.8. The standard InChI is InChI=1S/C7H12FNO2/c1-7(2)3-4-9(8)5(7)6(10)11/h5H,3-4H2,1-2H3,(H,10,11). The van der Waals surface area contributed by atoms with E-state index in [2.05, 4.69) is 0 Å². The monoisotopic (exact) mass is 161 g/mol. The van der Waals surface area contributed by atoms with Crippen molar-refractivity contribution in [3.8, 4) is 0 Å². The lowest BCUT2D eigenvalue weighted by molar-refractivity contribution is -0.152. The molecule has 1 unspecified atom stereocenters.